The van der Waals surface area contributed by atoms with E-state index in [4.69, 9.17) is 4.74 Å². The van der Waals surface area contributed by atoms with Gasteiger partial charge in [-0.15, -0.1) is 0 Å². The zero-order valence-electron chi connectivity index (χ0n) is 11.9. The second-order valence-corrected chi connectivity index (χ2v) is 4.58. The van der Waals surface area contributed by atoms with Gasteiger partial charge in [0.25, 0.3) is 0 Å². The summed E-state index contributed by atoms with van der Waals surface area (Å²) in [6, 6.07) is 11.8. The molecule has 2 N–H and O–H groups in total. The van der Waals surface area contributed by atoms with Crippen LogP contribution in [-0.2, 0) is 11.3 Å². The highest BCUT2D eigenvalue weighted by Crippen LogP contribution is 2.28. The molecule has 0 saturated heterocycles. The van der Waals surface area contributed by atoms with Crippen LogP contribution in [0, 0.1) is 5.82 Å². The lowest BCUT2D eigenvalue weighted by atomic mass is 10.2. The Balaban J connectivity index is 2.08. The number of methoxy groups -OCH3 is 1. The Kier molecular flexibility index (Phi) is 4.77. The summed E-state index contributed by atoms with van der Waals surface area (Å²) in [6.07, 6.45) is 0. The fourth-order valence-corrected chi connectivity index (χ4v) is 1.95. The van der Waals surface area contributed by atoms with E-state index >= 15 is 0 Å². The van der Waals surface area contributed by atoms with Crippen molar-refractivity contribution in [1.82, 2.24) is 0 Å². The summed E-state index contributed by atoms with van der Waals surface area (Å²) in [7, 11) is 1.54. The summed E-state index contributed by atoms with van der Waals surface area (Å²) in [5.74, 6) is 0.149. The lowest BCUT2D eigenvalue weighted by Crippen LogP contribution is -2.07. The van der Waals surface area contributed by atoms with Gasteiger partial charge in [0.1, 0.15) is 11.6 Å². The van der Waals surface area contributed by atoms with Gasteiger partial charge < -0.3 is 15.4 Å². The Bertz CT molecular complexity index is 644. The third-order valence-corrected chi connectivity index (χ3v) is 2.90. The van der Waals surface area contributed by atoms with Crippen LogP contribution in [0.2, 0.25) is 0 Å². The van der Waals surface area contributed by atoms with Crippen LogP contribution in [0.25, 0.3) is 0 Å². The van der Waals surface area contributed by atoms with Crippen LogP contribution in [0.4, 0.5) is 15.8 Å². The molecule has 0 aliphatic heterocycles. The number of halogens is 1. The van der Waals surface area contributed by atoms with Gasteiger partial charge in [-0.1, -0.05) is 12.1 Å². The first kappa shape index (κ1) is 14.8. The van der Waals surface area contributed by atoms with E-state index in [-0.39, 0.29) is 11.7 Å². The van der Waals surface area contributed by atoms with Gasteiger partial charge in [-0.05, 0) is 29.8 Å². The average molecular weight is 288 g/mol. The molecule has 0 spiro atoms. The van der Waals surface area contributed by atoms with E-state index in [0.717, 1.165) is 11.3 Å². The van der Waals surface area contributed by atoms with Crippen molar-refractivity contribution in [3.05, 3.63) is 53.8 Å². The Morgan fingerprint density at radius 1 is 1.24 bits per heavy atom. The van der Waals surface area contributed by atoms with E-state index < -0.39 is 0 Å². The van der Waals surface area contributed by atoms with Crippen molar-refractivity contribution in [2.45, 2.75) is 13.5 Å². The predicted molar refractivity (Wildman–Crippen MR) is 81.0 cm³/mol. The van der Waals surface area contributed by atoms with Gasteiger partial charge in [0.2, 0.25) is 5.91 Å². The van der Waals surface area contributed by atoms with Crippen molar-refractivity contribution in [3.8, 4) is 5.75 Å². The van der Waals surface area contributed by atoms with Crippen LogP contribution in [0.5, 0.6) is 5.75 Å². The van der Waals surface area contributed by atoms with E-state index in [1.165, 1.54) is 26.2 Å². The molecule has 0 fully saturated rings. The maximum absolute atomic E-state index is 13.1. The molecule has 0 aliphatic rings. The molecule has 0 bridgehead atoms. The van der Waals surface area contributed by atoms with E-state index in [1.54, 1.807) is 18.2 Å². The maximum Gasteiger partial charge on any atom is 0.221 e. The number of nitrogens with one attached hydrogen (secondary N) is 2. The van der Waals surface area contributed by atoms with E-state index in [1.807, 2.05) is 12.1 Å². The fourth-order valence-electron chi connectivity index (χ4n) is 1.95. The van der Waals surface area contributed by atoms with E-state index in [0.29, 0.717) is 18.0 Å². The molecule has 0 radical (unpaired) electrons. The molecule has 0 unspecified atom stereocenters. The van der Waals surface area contributed by atoms with Crippen molar-refractivity contribution < 1.29 is 13.9 Å². The van der Waals surface area contributed by atoms with Crippen molar-refractivity contribution in [2.24, 2.45) is 0 Å². The normalized spacial score (nSPS) is 10.0. The summed E-state index contributed by atoms with van der Waals surface area (Å²) in [5.41, 5.74) is 2.28. The minimum atomic E-state index is -0.257. The third kappa shape index (κ3) is 4.21. The third-order valence-electron chi connectivity index (χ3n) is 2.90. The minimum Gasteiger partial charge on any atom is -0.494 e. The number of rotatable bonds is 5. The number of anilines is 2. The van der Waals surface area contributed by atoms with E-state index in [2.05, 4.69) is 10.6 Å². The lowest BCUT2D eigenvalue weighted by molar-refractivity contribution is -0.114. The van der Waals surface area contributed by atoms with Crippen LogP contribution in [0.15, 0.2) is 42.5 Å². The number of hydrogen-bond acceptors (Lipinski definition) is 3. The molecule has 1 amide bonds. The van der Waals surface area contributed by atoms with Gasteiger partial charge in [-0.25, -0.2) is 4.39 Å². The van der Waals surface area contributed by atoms with Gasteiger partial charge in [0.15, 0.2) is 0 Å². The van der Waals surface area contributed by atoms with Crippen molar-refractivity contribution in [2.75, 3.05) is 17.7 Å². The molecule has 0 atom stereocenters. The molecule has 0 aliphatic carbocycles. The Hall–Kier alpha value is -2.56. The fraction of sp³-hybridized carbons (Fsp3) is 0.188. The summed E-state index contributed by atoms with van der Waals surface area (Å²) in [6.45, 7) is 1.94. The SMILES string of the molecule is COc1cc(NCc2cccc(F)c2)ccc1NC(C)=O. The van der Waals surface area contributed by atoms with Crippen molar-refractivity contribution >= 4 is 17.3 Å². The summed E-state index contributed by atoms with van der Waals surface area (Å²) < 4.78 is 18.3. The van der Waals surface area contributed by atoms with E-state index in [9.17, 15) is 9.18 Å². The Morgan fingerprint density at radius 2 is 2.05 bits per heavy atom. The van der Waals surface area contributed by atoms with Gasteiger partial charge in [0.05, 0.1) is 12.8 Å². The molecule has 0 heterocycles. The Morgan fingerprint density at radius 3 is 2.71 bits per heavy atom. The van der Waals surface area contributed by atoms with Gasteiger partial charge >= 0.3 is 0 Å². The highest BCUT2D eigenvalue weighted by molar-refractivity contribution is 5.90. The zero-order chi connectivity index (χ0) is 15.2. The highest BCUT2D eigenvalue weighted by Gasteiger charge is 2.06. The smallest absolute Gasteiger partial charge is 0.221 e. The predicted octanol–water partition coefficient (Wildman–Crippen LogP) is 3.40. The highest BCUT2D eigenvalue weighted by atomic mass is 19.1. The second kappa shape index (κ2) is 6.74. The number of ether oxygens (including phenoxy) is 1. The molecule has 0 saturated carbocycles. The van der Waals surface area contributed by atoms with Gasteiger partial charge in [-0.2, -0.15) is 0 Å². The topological polar surface area (TPSA) is 50.4 Å². The quantitative estimate of drug-likeness (QED) is 0.886. The zero-order valence-corrected chi connectivity index (χ0v) is 11.9. The van der Waals surface area contributed by atoms with Crippen molar-refractivity contribution in [3.63, 3.8) is 0 Å². The average Bonchev–Trinajstić information content (AvgIpc) is 2.45. The molecule has 4 nitrogen and oxygen atoms in total. The van der Waals surface area contributed by atoms with Crippen molar-refractivity contribution in [1.29, 1.82) is 0 Å². The van der Waals surface area contributed by atoms with Crippen LogP contribution in [-0.4, -0.2) is 13.0 Å². The van der Waals surface area contributed by atoms with Crippen LogP contribution in [0.1, 0.15) is 12.5 Å². The largest absolute Gasteiger partial charge is 0.494 e. The molecule has 2 aromatic carbocycles. The van der Waals surface area contributed by atoms with Crippen LogP contribution < -0.4 is 15.4 Å². The first-order chi connectivity index (χ1) is 10.1. The number of carbonyl (C=O) groups excluding carboxylic acids is 1. The molecule has 2 aromatic rings. The molecule has 0 aromatic heterocycles. The molecule has 2 rings (SSSR count). The van der Waals surface area contributed by atoms with Crippen LogP contribution in [0.3, 0.4) is 0 Å². The number of carbonyl (C=O) groups is 1. The minimum absolute atomic E-state index is 0.159. The number of amides is 1. The number of benzene rings is 2. The summed E-state index contributed by atoms with van der Waals surface area (Å²) >= 11 is 0. The molecule has 21 heavy (non-hydrogen) atoms. The van der Waals surface area contributed by atoms with Gasteiger partial charge in [0, 0.05) is 25.2 Å². The second-order valence-electron chi connectivity index (χ2n) is 4.58. The first-order valence-electron chi connectivity index (χ1n) is 6.52. The van der Waals surface area contributed by atoms with Gasteiger partial charge in [-0.3, -0.25) is 4.79 Å². The Labute approximate surface area is 122 Å². The standard InChI is InChI=1S/C16H17FN2O2/c1-11(20)19-15-7-6-14(9-16(15)21-2)18-10-12-4-3-5-13(17)8-12/h3-9,18H,10H2,1-2H3,(H,19,20). The summed E-state index contributed by atoms with van der Waals surface area (Å²) in [4.78, 5) is 11.1. The first-order valence-corrected chi connectivity index (χ1v) is 6.52. The molecular formula is C16H17FN2O2. The molecule has 110 valence electrons. The lowest BCUT2D eigenvalue weighted by Gasteiger charge is -2.12. The van der Waals surface area contributed by atoms with Crippen LogP contribution >= 0.6 is 0 Å². The summed E-state index contributed by atoms with van der Waals surface area (Å²) in [5, 5.41) is 5.88. The monoisotopic (exact) mass is 288 g/mol. The maximum atomic E-state index is 13.1. The number of hydrogen-bond donors (Lipinski definition) is 2. The molecule has 5 heteroatoms. The molecular weight excluding hydrogens is 271 g/mol.